The summed E-state index contributed by atoms with van der Waals surface area (Å²) in [5.74, 6) is -0.435. The van der Waals surface area contributed by atoms with Crippen LogP contribution in [0.3, 0.4) is 0 Å². The van der Waals surface area contributed by atoms with Crippen molar-refractivity contribution in [2.24, 2.45) is 5.41 Å². The van der Waals surface area contributed by atoms with Crippen LogP contribution in [0.5, 0.6) is 0 Å². The Hall–Kier alpha value is -0.940. The van der Waals surface area contributed by atoms with E-state index in [1.807, 2.05) is 0 Å². The topological polar surface area (TPSA) is 46.2 Å². The van der Waals surface area contributed by atoms with Gasteiger partial charge in [-0.15, -0.1) is 0 Å². The van der Waals surface area contributed by atoms with Gasteiger partial charge in [-0.3, -0.25) is 0 Å². The molecule has 1 aromatic rings. The van der Waals surface area contributed by atoms with E-state index in [1.54, 1.807) is 0 Å². The van der Waals surface area contributed by atoms with E-state index in [4.69, 9.17) is 0 Å². The first-order valence-electron chi connectivity index (χ1n) is 5.67. The molecule has 1 aliphatic rings. The smallest absolute Gasteiger partial charge is 0.211 e. The van der Waals surface area contributed by atoms with Crippen molar-refractivity contribution in [3.63, 3.8) is 0 Å². The van der Waals surface area contributed by atoms with Gasteiger partial charge >= 0.3 is 0 Å². The Labute approximate surface area is 101 Å². The zero-order valence-electron chi connectivity index (χ0n) is 9.74. The maximum Gasteiger partial charge on any atom is 0.240 e. The lowest BCUT2D eigenvalue weighted by Crippen LogP contribution is -2.39. The predicted molar refractivity (Wildman–Crippen MR) is 63.5 cm³/mol. The van der Waals surface area contributed by atoms with E-state index in [0.717, 1.165) is 31.4 Å². The van der Waals surface area contributed by atoms with Crippen LogP contribution in [0, 0.1) is 11.2 Å². The second-order valence-electron chi connectivity index (χ2n) is 4.94. The van der Waals surface area contributed by atoms with E-state index in [0.29, 0.717) is 6.54 Å². The molecule has 1 N–H and O–H groups in total. The first-order chi connectivity index (χ1) is 7.91. The van der Waals surface area contributed by atoms with Crippen LogP contribution >= 0.6 is 0 Å². The number of rotatable bonds is 4. The van der Waals surface area contributed by atoms with Gasteiger partial charge in [-0.25, -0.2) is 17.5 Å². The van der Waals surface area contributed by atoms with Crippen molar-refractivity contribution in [1.29, 1.82) is 0 Å². The van der Waals surface area contributed by atoms with Gasteiger partial charge in [-0.1, -0.05) is 13.3 Å². The van der Waals surface area contributed by atoms with Gasteiger partial charge in [0.15, 0.2) is 0 Å². The number of hydrogen-bond acceptors (Lipinski definition) is 2. The molecule has 1 saturated carbocycles. The van der Waals surface area contributed by atoms with Crippen molar-refractivity contribution in [3.8, 4) is 0 Å². The third kappa shape index (κ3) is 2.84. The molecule has 0 unspecified atom stereocenters. The molecule has 3 nitrogen and oxygen atoms in total. The fourth-order valence-electron chi connectivity index (χ4n) is 1.92. The van der Waals surface area contributed by atoms with E-state index in [2.05, 4.69) is 11.6 Å². The van der Waals surface area contributed by atoms with Gasteiger partial charge in [-0.2, -0.15) is 0 Å². The Bertz CT molecular complexity index is 492. The van der Waals surface area contributed by atoms with Gasteiger partial charge in [0.05, 0.1) is 4.90 Å². The molecule has 1 aliphatic carbocycles. The van der Waals surface area contributed by atoms with Crippen LogP contribution in [0.4, 0.5) is 4.39 Å². The maximum absolute atomic E-state index is 12.7. The lowest BCUT2D eigenvalue weighted by atomic mass is 9.71. The largest absolute Gasteiger partial charge is 0.240 e. The highest BCUT2D eigenvalue weighted by molar-refractivity contribution is 7.89. The Morgan fingerprint density at radius 1 is 1.29 bits per heavy atom. The van der Waals surface area contributed by atoms with Crippen LogP contribution in [0.2, 0.25) is 0 Å². The van der Waals surface area contributed by atoms with Gasteiger partial charge in [0.1, 0.15) is 5.82 Å². The monoisotopic (exact) mass is 257 g/mol. The standard InChI is InChI=1S/C12H16FNO2S/c1-12(7-2-8-12)9-14-17(15,16)11-5-3-10(13)4-6-11/h3-6,14H,2,7-9H2,1H3. The molecule has 94 valence electrons. The van der Waals surface area contributed by atoms with Crippen LogP contribution in [0.15, 0.2) is 29.2 Å². The molecule has 0 amide bonds. The third-order valence-corrected chi connectivity index (χ3v) is 4.79. The van der Waals surface area contributed by atoms with Crippen molar-refractivity contribution < 1.29 is 12.8 Å². The number of benzene rings is 1. The van der Waals surface area contributed by atoms with Crippen molar-refractivity contribution in [3.05, 3.63) is 30.1 Å². The zero-order valence-corrected chi connectivity index (χ0v) is 10.6. The minimum absolute atomic E-state index is 0.0904. The fraction of sp³-hybridized carbons (Fsp3) is 0.500. The summed E-state index contributed by atoms with van der Waals surface area (Å²) in [4.78, 5) is 0.113. The summed E-state index contributed by atoms with van der Waals surface area (Å²) >= 11 is 0. The summed E-state index contributed by atoms with van der Waals surface area (Å²) in [5, 5.41) is 0. The summed E-state index contributed by atoms with van der Waals surface area (Å²) in [5.41, 5.74) is 0.0904. The zero-order chi connectivity index (χ0) is 12.5. The number of sulfonamides is 1. The molecule has 0 saturated heterocycles. The van der Waals surface area contributed by atoms with Crippen molar-refractivity contribution in [1.82, 2.24) is 4.72 Å². The van der Waals surface area contributed by atoms with Gasteiger partial charge < -0.3 is 0 Å². The average Bonchev–Trinajstić information content (AvgIpc) is 2.24. The predicted octanol–water partition coefficient (Wildman–Crippen LogP) is 2.29. The number of hydrogen-bond donors (Lipinski definition) is 1. The SMILES string of the molecule is CC1(CNS(=O)(=O)c2ccc(F)cc2)CCC1. The average molecular weight is 257 g/mol. The molecule has 0 spiro atoms. The van der Waals surface area contributed by atoms with Crippen LogP contribution in [-0.2, 0) is 10.0 Å². The Balaban J connectivity index is 2.06. The van der Waals surface area contributed by atoms with Crippen molar-refractivity contribution >= 4 is 10.0 Å². The Kier molecular flexibility index (Phi) is 3.23. The van der Waals surface area contributed by atoms with Crippen molar-refractivity contribution in [2.45, 2.75) is 31.1 Å². The quantitative estimate of drug-likeness (QED) is 0.899. The van der Waals surface area contributed by atoms with E-state index in [9.17, 15) is 12.8 Å². The first-order valence-corrected chi connectivity index (χ1v) is 7.15. The Morgan fingerprint density at radius 3 is 2.35 bits per heavy atom. The molecule has 0 aromatic heterocycles. The Morgan fingerprint density at radius 2 is 1.88 bits per heavy atom. The highest BCUT2D eigenvalue weighted by Crippen LogP contribution is 2.39. The molecular weight excluding hydrogens is 241 g/mol. The third-order valence-electron chi connectivity index (χ3n) is 3.37. The number of halogens is 1. The first kappa shape index (κ1) is 12.5. The highest BCUT2D eigenvalue weighted by Gasteiger charge is 2.32. The fourth-order valence-corrected chi connectivity index (χ4v) is 3.12. The van der Waals surface area contributed by atoms with E-state index in [1.165, 1.54) is 12.1 Å². The molecule has 0 radical (unpaired) electrons. The maximum atomic E-state index is 12.7. The summed E-state index contributed by atoms with van der Waals surface area (Å²) < 4.78 is 39.1. The van der Waals surface area contributed by atoms with E-state index < -0.39 is 15.8 Å². The minimum atomic E-state index is -3.50. The molecule has 0 aliphatic heterocycles. The summed E-state index contributed by atoms with van der Waals surface area (Å²) in [6, 6.07) is 4.86. The van der Waals surface area contributed by atoms with Gasteiger partial charge in [0.25, 0.3) is 0 Å². The molecule has 17 heavy (non-hydrogen) atoms. The molecule has 1 fully saturated rings. The molecule has 2 rings (SSSR count). The molecule has 0 heterocycles. The van der Waals surface area contributed by atoms with Gasteiger partial charge in [-0.05, 0) is 42.5 Å². The molecular formula is C12H16FNO2S. The molecule has 0 bridgehead atoms. The summed E-state index contributed by atoms with van der Waals surface area (Å²) in [7, 11) is -3.50. The lowest BCUT2D eigenvalue weighted by Gasteiger charge is -2.38. The normalized spacial score (nSPS) is 18.7. The minimum Gasteiger partial charge on any atom is -0.211 e. The van der Waals surface area contributed by atoms with Crippen LogP contribution in [0.1, 0.15) is 26.2 Å². The molecule has 5 heteroatoms. The van der Waals surface area contributed by atoms with E-state index >= 15 is 0 Å². The molecule has 1 aromatic carbocycles. The lowest BCUT2D eigenvalue weighted by molar-refractivity contribution is 0.166. The van der Waals surface area contributed by atoms with Crippen LogP contribution in [0.25, 0.3) is 0 Å². The second kappa shape index (κ2) is 4.38. The summed E-state index contributed by atoms with van der Waals surface area (Å²) in [6.45, 7) is 2.52. The van der Waals surface area contributed by atoms with Gasteiger partial charge in [0.2, 0.25) is 10.0 Å². The molecule has 0 atom stereocenters. The van der Waals surface area contributed by atoms with E-state index in [-0.39, 0.29) is 10.3 Å². The van der Waals surface area contributed by atoms with Crippen LogP contribution in [-0.4, -0.2) is 15.0 Å². The van der Waals surface area contributed by atoms with Crippen molar-refractivity contribution in [2.75, 3.05) is 6.54 Å². The second-order valence-corrected chi connectivity index (χ2v) is 6.71. The van der Waals surface area contributed by atoms with Gasteiger partial charge in [0, 0.05) is 6.54 Å². The number of nitrogens with one attached hydrogen (secondary N) is 1. The highest BCUT2D eigenvalue weighted by atomic mass is 32.2. The summed E-state index contributed by atoms with van der Waals surface area (Å²) in [6.07, 6.45) is 3.27. The van der Waals surface area contributed by atoms with Crippen LogP contribution < -0.4 is 4.72 Å².